The Morgan fingerprint density at radius 2 is 1.27 bits per heavy atom. The molecule has 1 unspecified atom stereocenters. The SMILES string of the molecule is C=CC.N=C=O.N=C=O.O=[PH3]. The summed E-state index contributed by atoms with van der Waals surface area (Å²) in [5.41, 5.74) is 0. The highest BCUT2D eigenvalue weighted by Crippen LogP contribution is 1.38. The van der Waals surface area contributed by atoms with Gasteiger partial charge in [-0.25, -0.2) is 20.4 Å². The predicted octanol–water partition coefficient (Wildman–Crippen LogP) is 0.934. The normalized spacial score (nSPS) is 3.36. The molecule has 0 aliphatic rings. The zero-order valence-corrected chi connectivity index (χ0v) is 7.63. The lowest BCUT2D eigenvalue weighted by atomic mass is 10.8. The molecule has 0 saturated heterocycles. The van der Waals surface area contributed by atoms with Crippen LogP contribution in [0.25, 0.3) is 0 Å². The third-order valence-corrected chi connectivity index (χ3v) is 0. The Morgan fingerprint density at radius 3 is 1.27 bits per heavy atom. The molecule has 5 nitrogen and oxygen atoms in total. The quantitative estimate of drug-likeness (QED) is 0.250. The molecule has 0 fully saturated rings. The summed E-state index contributed by atoms with van der Waals surface area (Å²) in [6.07, 6.45) is 3.25. The van der Waals surface area contributed by atoms with Gasteiger partial charge in [0.25, 0.3) is 0 Å². The van der Waals surface area contributed by atoms with Crippen LogP contribution in [0.5, 0.6) is 0 Å². The Kier molecular flexibility index (Phi) is 358. The lowest BCUT2D eigenvalue weighted by Gasteiger charge is -1.31. The van der Waals surface area contributed by atoms with Gasteiger partial charge in [0.1, 0.15) is 0 Å². The summed E-state index contributed by atoms with van der Waals surface area (Å²) in [7, 11) is 0.611. The first-order valence-corrected chi connectivity index (χ1v) is 2.76. The van der Waals surface area contributed by atoms with Crippen molar-refractivity contribution in [2.45, 2.75) is 6.92 Å². The first-order valence-electron chi connectivity index (χ1n) is 2.18. The fourth-order valence-corrected chi connectivity index (χ4v) is 0. The average molecular weight is 178 g/mol. The van der Waals surface area contributed by atoms with Gasteiger partial charge in [0.2, 0.25) is 12.2 Å². The third kappa shape index (κ3) is 245. The maximum absolute atomic E-state index is 8.35. The van der Waals surface area contributed by atoms with E-state index in [1.165, 1.54) is 0 Å². The van der Waals surface area contributed by atoms with Gasteiger partial charge >= 0.3 is 0 Å². The Bertz CT molecular complexity index is 114. The number of rotatable bonds is 0. The van der Waals surface area contributed by atoms with Gasteiger partial charge < -0.3 is 4.57 Å². The van der Waals surface area contributed by atoms with E-state index in [2.05, 4.69) is 6.58 Å². The van der Waals surface area contributed by atoms with E-state index in [4.69, 9.17) is 25.0 Å². The van der Waals surface area contributed by atoms with Crippen molar-refractivity contribution in [3.63, 3.8) is 0 Å². The van der Waals surface area contributed by atoms with Crippen LogP contribution in [0.2, 0.25) is 0 Å². The molecule has 0 bridgehead atoms. The molecule has 11 heavy (non-hydrogen) atoms. The summed E-state index contributed by atoms with van der Waals surface area (Å²) in [6, 6.07) is 0. The van der Waals surface area contributed by atoms with Crippen molar-refractivity contribution in [3.05, 3.63) is 12.7 Å². The fourth-order valence-electron chi connectivity index (χ4n) is 0. The zero-order chi connectivity index (χ0) is 10.1. The minimum Gasteiger partial charge on any atom is -0.333 e. The molecule has 0 aromatic heterocycles. The van der Waals surface area contributed by atoms with E-state index in [-0.39, 0.29) is 0 Å². The maximum atomic E-state index is 8.35. The molecule has 2 N–H and O–H groups in total. The second kappa shape index (κ2) is 174. The molecular formula is C5H11N2O3P. The van der Waals surface area contributed by atoms with Crippen molar-refractivity contribution in [1.29, 1.82) is 10.8 Å². The molecule has 0 heterocycles. The first-order chi connectivity index (χ1) is 5.24. The highest BCUT2D eigenvalue weighted by molar-refractivity contribution is 7.00. The van der Waals surface area contributed by atoms with Gasteiger partial charge in [0.05, 0.1) is 9.12 Å². The summed E-state index contributed by atoms with van der Waals surface area (Å²) >= 11 is 0. The van der Waals surface area contributed by atoms with Gasteiger partial charge in [-0.2, -0.15) is 0 Å². The summed E-state index contributed by atoms with van der Waals surface area (Å²) < 4.78 is 8.28. The van der Waals surface area contributed by atoms with Crippen LogP contribution in [0.15, 0.2) is 12.7 Å². The summed E-state index contributed by atoms with van der Waals surface area (Å²) in [5.74, 6) is 0. The molecule has 0 radical (unpaired) electrons. The number of isocyanates is 2. The molecule has 1 atom stereocenters. The van der Waals surface area contributed by atoms with E-state index >= 15 is 0 Å². The van der Waals surface area contributed by atoms with Crippen molar-refractivity contribution in [2.24, 2.45) is 0 Å². The topological polar surface area (TPSA) is 98.9 Å². The van der Waals surface area contributed by atoms with Crippen molar-refractivity contribution in [3.8, 4) is 0 Å². The van der Waals surface area contributed by atoms with Crippen LogP contribution in [0.3, 0.4) is 0 Å². The van der Waals surface area contributed by atoms with Crippen molar-refractivity contribution >= 4 is 21.3 Å². The molecule has 0 aromatic rings. The zero-order valence-electron chi connectivity index (χ0n) is 6.22. The van der Waals surface area contributed by atoms with Crippen LogP contribution >= 0.6 is 9.12 Å². The average Bonchev–Trinajstić information content (AvgIpc) is 1.96. The molecule has 0 aromatic carbocycles. The van der Waals surface area contributed by atoms with Crippen LogP contribution in [0.4, 0.5) is 0 Å². The van der Waals surface area contributed by atoms with E-state index in [9.17, 15) is 0 Å². The smallest absolute Gasteiger partial charge is 0.231 e. The van der Waals surface area contributed by atoms with Crippen LogP contribution in [0.1, 0.15) is 6.92 Å². The minimum absolute atomic E-state index is 0.611. The predicted molar refractivity (Wildman–Crippen MR) is 44.5 cm³/mol. The Labute approximate surface area is 66.8 Å². The van der Waals surface area contributed by atoms with E-state index in [0.29, 0.717) is 9.12 Å². The lowest BCUT2D eigenvalue weighted by molar-refractivity contribution is 0.562. The molecule has 0 aliphatic carbocycles. The Balaban J connectivity index is -0.0000000301. The van der Waals surface area contributed by atoms with Crippen LogP contribution in [0, 0.1) is 10.8 Å². The number of allylic oxidation sites excluding steroid dienone is 1. The van der Waals surface area contributed by atoms with Crippen LogP contribution < -0.4 is 0 Å². The minimum atomic E-state index is 0.611. The molecule has 0 rings (SSSR count). The molecule has 0 amide bonds. The van der Waals surface area contributed by atoms with Crippen LogP contribution in [-0.2, 0) is 14.2 Å². The van der Waals surface area contributed by atoms with Crippen molar-refractivity contribution < 1.29 is 14.2 Å². The van der Waals surface area contributed by atoms with Gasteiger partial charge in [-0.1, -0.05) is 6.08 Å². The largest absolute Gasteiger partial charge is 0.333 e. The molecule has 6 heteroatoms. The standard InChI is InChI=1S/C3H6.2CHNO.H3OP/c1-3-2;2*2-1-3;1-2/h3H,1H2,2H3;2*2H;2H3. The van der Waals surface area contributed by atoms with Crippen molar-refractivity contribution in [2.75, 3.05) is 0 Å². The third-order valence-electron chi connectivity index (χ3n) is 0. The number of carbonyl (C=O) groups excluding carboxylic acids is 2. The summed E-state index contributed by atoms with van der Waals surface area (Å²) in [5, 5.41) is 10.8. The van der Waals surface area contributed by atoms with E-state index in [1.807, 2.05) is 6.92 Å². The van der Waals surface area contributed by atoms with Gasteiger partial charge in [-0.05, 0) is 6.92 Å². The van der Waals surface area contributed by atoms with E-state index < -0.39 is 0 Å². The Morgan fingerprint density at radius 1 is 1.27 bits per heavy atom. The molecular weight excluding hydrogens is 167 g/mol. The molecule has 0 spiro atoms. The number of hydrogen-bond donors (Lipinski definition) is 2. The summed E-state index contributed by atoms with van der Waals surface area (Å²) in [4.78, 5) is 16.7. The monoisotopic (exact) mass is 178 g/mol. The molecule has 0 aliphatic heterocycles. The van der Waals surface area contributed by atoms with Gasteiger partial charge in [-0.15, -0.1) is 6.58 Å². The van der Waals surface area contributed by atoms with E-state index in [0.717, 1.165) is 12.2 Å². The molecule has 0 saturated carbocycles. The lowest BCUT2D eigenvalue weighted by Crippen LogP contribution is -1.16. The molecule has 64 valence electrons. The maximum Gasteiger partial charge on any atom is 0.231 e. The second-order valence-corrected chi connectivity index (χ2v) is 0.612. The van der Waals surface area contributed by atoms with E-state index in [1.54, 1.807) is 6.08 Å². The van der Waals surface area contributed by atoms with Gasteiger partial charge in [-0.3, -0.25) is 0 Å². The number of nitrogens with one attached hydrogen (secondary N) is 2. The highest BCUT2D eigenvalue weighted by Gasteiger charge is 1.15. The van der Waals surface area contributed by atoms with Crippen LogP contribution in [-0.4, -0.2) is 12.2 Å². The first kappa shape index (κ1) is 22.6. The second-order valence-electron chi connectivity index (χ2n) is 0.612. The van der Waals surface area contributed by atoms with Crippen molar-refractivity contribution in [1.82, 2.24) is 0 Å². The van der Waals surface area contributed by atoms with Gasteiger partial charge in [0, 0.05) is 0 Å². The Hall–Kier alpha value is -1.27. The van der Waals surface area contributed by atoms with Gasteiger partial charge in [0.15, 0.2) is 0 Å². The summed E-state index contributed by atoms with van der Waals surface area (Å²) in [6.45, 7) is 5.25. The highest BCUT2D eigenvalue weighted by atomic mass is 31.0. The number of hydrogen-bond acceptors (Lipinski definition) is 5. The fraction of sp³-hybridized carbons (Fsp3) is 0.200.